The zero-order valence-corrected chi connectivity index (χ0v) is 18.0. The number of aromatic nitrogens is 1. The van der Waals surface area contributed by atoms with Crippen LogP contribution in [-0.2, 0) is 0 Å². The average molecular weight is 439 g/mol. The van der Waals surface area contributed by atoms with E-state index in [1.54, 1.807) is 0 Å². The first-order valence-electron chi connectivity index (χ1n) is 10.4. The summed E-state index contributed by atoms with van der Waals surface area (Å²) in [5.41, 5.74) is 6.11. The van der Waals surface area contributed by atoms with E-state index >= 15 is 0 Å². The van der Waals surface area contributed by atoms with Crippen molar-refractivity contribution in [1.82, 2.24) is 4.37 Å². The Kier molecular flexibility index (Phi) is 6.39. The maximum atomic E-state index is 12.3. The summed E-state index contributed by atoms with van der Waals surface area (Å²) in [6.45, 7) is 0.207. The van der Waals surface area contributed by atoms with Gasteiger partial charge in [0.1, 0.15) is 27.9 Å². The molecule has 1 heterocycles. The fourth-order valence-electron chi connectivity index (χ4n) is 3.66. The van der Waals surface area contributed by atoms with E-state index in [-0.39, 0.29) is 17.9 Å². The van der Waals surface area contributed by atoms with Crippen molar-refractivity contribution in [3.63, 3.8) is 0 Å². The lowest BCUT2D eigenvalue weighted by Crippen LogP contribution is -2.36. The number of hydrogen-bond acceptors (Lipinski definition) is 6. The van der Waals surface area contributed by atoms with Crippen LogP contribution in [0.2, 0.25) is 0 Å². The molecule has 0 aliphatic heterocycles. The van der Waals surface area contributed by atoms with Crippen molar-refractivity contribution in [2.75, 3.05) is 11.9 Å². The molecule has 8 heteroatoms. The highest BCUT2D eigenvalue weighted by Crippen LogP contribution is 2.29. The Hall–Kier alpha value is -3.10. The maximum absolute atomic E-state index is 12.3. The molecule has 0 bridgehead atoms. The predicted octanol–water partition coefficient (Wildman–Crippen LogP) is 4.37. The summed E-state index contributed by atoms with van der Waals surface area (Å²) in [6.07, 6.45) is 4.54. The monoisotopic (exact) mass is 438 g/mol. The molecule has 0 radical (unpaired) electrons. The van der Waals surface area contributed by atoms with Crippen molar-refractivity contribution in [1.29, 1.82) is 0 Å². The first-order valence-corrected chi connectivity index (χ1v) is 11.2. The predicted molar refractivity (Wildman–Crippen MR) is 125 cm³/mol. The van der Waals surface area contributed by atoms with E-state index in [9.17, 15) is 9.90 Å². The summed E-state index contributed by atoms with van der Waals surface area (Å²) < 4.78 is 8.51. The van der Waals surface area contributed by atoms with Crippen LogP contribution in [0.15, 0.2) is 64.4 Å². The minimum Gasteiger partial charge on any atom is -0.457 e. The second kappa shape index (κ2) is 9.36. The Balaban J connectivity index is 1.46. The van der Waals surface area contributed by atoms with Gasteiger partial charge in [-0.15, -0.1) is 0 Å². The number of nitrogens with two attached hydrogens (primary N) is 1. The highest BCUT2D eigenvalue weighted by molar-refractivity contribution is 7.10. The van der Waals surface area contributed by atoms with E-state index in [4.69, 9.17) is 10.5 Å². The molecule has 5 N–H and O–H groups in total. The van der Waals surface area contributed by atoms with Crippen LogP contribution >= 0.6 is 11.5 Å². The molecule has 0 spiro atoms. The zero-order chi connectivity index (χ0) is 21.7. The van der Waals surface area contributed by atoms with Crippen LogP contribution in [0.1, 0.15) is 37.7 Å². The summed E-state index contributed by atoms with van der Waals surface area (Å²) in [6, 6.07) is 17.0. The standard InChI is InChI=1S/C23H26N4O3S/c24-20(25-15-23(29)13-5-2-6-14-23)19-21(28)27-31-22(19)26-16-9-11-18(12-10-16)30-17-7-3-1-4-8-17/h1,3-4,7-12,26,29H,2,5-6,13-15H2,(H2,24,25)(H,27,28). The molecule has 7 nitrogen and oxygen atoms in total. The molecule has 0 unspecified atom stereocenters. The summed E-state index contributed by atoms with van der Waals surface area (Å²) in [5.74, 6) is 1.60. The second-order valence-electron chi connectivity index (χ2n) is 7.79. The van der Waals surface area contributed by atoms with Gasteiger partial charge in [-0.05, 0) is 60.8 Å². The molecule has 1 saturated carbocycles. The van der Waals surface area contributed by atoms with Gasteiger partial charge in [0.15, 0.2) is 0 Å². The number of rotatable bonds is 7. The van der Waals surface area contributed by atoms with E-state index in [0.29, 0.717) is 29.2 Å². The highest BCUT2D eigenvalue weighted by atomic mass is 32.1. The summed E-state index contributed by atoms with van der Waals surface area (Å²) in [7, 11) is 0. The third-order valence-electron chi connectivity index (χ3n) is 5.38. The number of ether oxygens (including phenoxy) is 1. The molecular formula is C23H26N4O3S. The zero-order valence-electron chi connectivity index (χ0n) is 17.1. The summed E-state index contributed by atoms with van der Waals surface area (Å²) >= 11 is 1.16. The first-order chi connectivity index (χ1) is 15.0. The lowest BCUT2D eigenvalue weighted by atomic mass is 9.85. The molecule has 4 rings (SSSR count). The van der Waals surface area contributed by atoms with E-state index in [1.807, 2.05) is 54.6 Å². The number of aliphatic imine (C=N–C) groups is 1. The van der Waals surface area contributed by atoms with Gasteiger partial charge >= 0.3 is 0 Å². The van der Waals surface area contributed by atoms with Crippen LogP contribution in [-0.4, -0.2) is 27.5 Å². The largest absolute Gasteiger partial charge is 0.457 e. The minimum absolute atomic E-state index is 0.132. The van der Waals surface area contributed by atoms with Crippen LogP contribution in [0.4, 0.5) is 10.7 Å². The number of nitrogens with zero attached hydrogens (tertiary/aromatic N) is 1. The number of aromatic amines is 1. The number of amidine groups is 1. The number of para-hydroxylation sites is 1. The number of nitrogens with one attached hydrogen (secondary N) is 2. The molecule has 1 aromatic heterocycles. The fraction of sp³-hybridized carbons (Fsp3) is 0.304. The van der Waals surface area contributed by atoms with Crippen molar-refractivity contribution >= 4 is 28.1 Å². The van der Waals surface area contributed by atoms with Gasteiger partial charge in [-0.1, -0.05) is 37.5 Å². The van der Waals surface area contributed by atoms with Crippen molar-refractivity contribution in [2.45, 2.75) is 37.7 Å². The van der Waals surface area contributed by atoms with Crippen molar-refractivity contribution < 1.29 is 9.84 Å². The Labute approximate surface area is 184 Å². The fourth-order valence-corrected chi connectivity index (χ4v) is 4.43. The molecule has 31 heavy (non-hydrogen) atoms. The lowest BCUT2D eigenvalue weighted by Gasteiger charge is -2.30. The molecule has 0 amide bonds. The Morgan fingerprint density at radius 3 is 2.48 bits per heavy atom. The Morgan fingerprint density at radius 2 is 1.77 bits per heavy atom. The normalized spacial score (nSPS) is 16.1. The summed E-state index contributed by atoms with van der Waals surface area (Å²) in [5, 5.41) is 14.5. The lowest BCUT2D eigenvalue weighted by molar-refractivity contribution is 0.0133. The molecule has 162 valence electrons. The molecule has 1 aliphatic carbocycles. The maximum Gasteiger partial charge on any atom is 0.271 e. The molecule has 1 fully saturated rings. The minimum atomic E-state index is -0.826. The SMILES string of the molecule is NC(=NCC1(O)CCCCC1)c1c(Nc2ccc(Oc3ccccc3)cc2)s[nH]c1=O. The van der Waals surface area contributed by atoms with Gasteiger partial charge in [-0.25, -0.2) is 0 Å². The molecule has 3 aromatic rings. The number of H-pyrrole nitrogens is 1. The topological polar surface area (TPSA) is 113 Å². The number of hydrogen-bond donors (Lipinski definition) is 4. The highest BCUT2D eigenvalue weighted by Gasteiger charge is 2.29. The van der Waals surface area contributed by atoms with E-state index in [0.717, 1.165) is 42.2 Å². The number of aliphatic hydroxyl groups is 1. The van der Waals surface area contributed by atoms with Crippen LogP contribution < -0.4 is 21.3 Å². The van der Waals surface area contributed by atoms with Crippen LogP contribution in [0.25, 0.3) is 0 Å². The molecular weight excluding hydrogens is 412 g/mol. The molecule has 0 saturated heterocycles. The third kappa shape index (κ3) is 5.34. The van der Waals surface area contributed by atoms with Gasteiger partial charge in [0.05, 0.1) is 12.1 Å². The smallest absolute Gasteiger partial charge is 0.271 e. The van der Waals surface area contributed by atoms with Crippen molar-refractivity contribution in [3.05, 3.63) is 70.5 Å². The molecule has 1 aliphatic rings. The van der Waals surface area contributed by atoms with Crippen LogP contribution in [0, 0.1) is 0 Å². The second-order valence-corrected chi connectivity index (χ2v) is 8.60. The van der Waals surface area contributed by atoms with Crippen LogP contribution in [0.5, 0.6) is 11.5 Å². The van der Waals surface area contributed by atoms with Crippen molar-refractivity contribution in [2.24, 2.45) is 10.7 Å². The average Bonchev–Trinajstić information content (AvgIpc) is 3.15. The van der Waals surface area contributed by atoms with Crippen molar-refractivity contribution in [3.8, 4) is 11.5 Å². The Bertz CT molecular complexity index is 1080. The number of benzene rings is 2. The van der Waals surface area contributed by atoms with Gasteiger partial charge in [0, 0.05) is 5.69 Å². The quantitative estimate of drug-likeness (QED) is 0.323. The summed E-state index contributed by atoms with van der Waals surface area (Å²) in [4.78, 5) is 16.7. The van der Waals surface area contributed by atoms with E-state index in [2.05, 4.69) is 14.7 Å². The van der Waals surface area contributed by atoms with Gasteiger partial charge in [-0.2, -0.15) is 0 Å². The number of anilines is 2. The Morgan fingerprint density at radius 1 is 1.10 bits per heavy atom. The van der Waals surface area contributed by atoms with E-state index in [1.165, 1.54) is 0 Å². The van der Waals surface area contributed by atoms with Gasteiger partial charge in [0.2, 0.25) is 0 Å². The van der Waals surface area contributed by atoms with Gasteiger partial charge < -0.3 is 20.9 Å². The molecule has 2 aromatic carbocycles. The van der Waals surface area contributed by atoms with Gasteiger partial charge in [-0.3, -0.25) is 14.2 Å². The van der Waals surface area contributed by atoms with E-state index < -0.39 is 5.60 Å². The van der Waals surface area contributed by atoms with Gasteiger partial charge in [0.25, 0.3) is 5.56 Å². The third-order valence-corrected chi connectivity index (χ3v) is 6.17. The van der Waals surface area contributed by atoms with Crippen LogP contribution in [0.3, 0.4) is 0 Å². The first kappa shape index (κ1) is 21.1. The molecule has 0 atom stereocenters.